The Kier molecular flexibility index (Phi) is 8.51. The van der Waals surface area contributed by atoms with Gasteiger partial charge < -0.3 is 10.2 Å². The summed E-state index contributed by atoms with van der Waals surface area (Å²) in [6.45, 7) is 0. The zero-order valence-corrected chi connectivity index (χ0v) is 23.2. The molecule has 0 radical (unpaired) electrons. The quantitative estimate of drug-likeness (QED) is 0.209. The molecule has 38 heavy (non-hydrogen) atoms. The van der Waals surface area contributed by atoms with Gasteiger partial charge in [-0.1, -0.05) is 114 Å². The molecule has 2 atom stereocenters. The molecule has 0 amide bonds. The van der Waals surface area contributed by atoms with Crippen molar-refractivity contribution >= 4 is 34.4 Å². The van der Waals surface area contributed by atoms with Crippen LogP contribution < -0.4 is 0 Å². The van der Waals surface area contributed by atoms with E-state index in [9.17, 15) is 10.2 Å². The minimum Gasteiger partial charge on any atom is -0.507 e. The van der Waals surface area contributed by atoms with Gasteiger partial charge in [0.25, 0.3) is 0 Å². The Hall–Kier alpha value is -3.48. The Balaban J connectivity index is 1.24. The fraction of sp³-hybridized carbons (Fsp3) is 0.147. The first kappa shape index (κ1) is 26.1. The minimum atomic E-state index is -0.505. The molecule has 2 aliphatic rings. The lowest BCUT2D eigenvalue weighted by Crippen LogP contribution is -2.11. The first-order chi connectivity index (χ1) is 18.6. The highest BCUT2D eigenvalue weighted by atomic mass is 127. The van der Waals surface area contributed by atoms with Gasteiger partial charge in [0.2, 0.25) is 0 Å². The number of aliphatic hydroxyl groups excluding tert-OH is 1. The van der Waals surface area contributed by atoms with Gasteiger partial charge in [-0.3, -0.25) is 4.99 Å². The van der Waals surface area contributed by atoms with Gasteiger partial charge in [0.05, 0.1) is 11.8 Å². The molecule has 0 bridgehead atoms. The number of benzene rings is 3. The van der Waals surface area contributed by atoms with Crippen molar-refractivity contribution in [2.45, 2.75) is 25.4 Å². The first-order valence-corrected chi connectivity index (χ1v) is 14.1. The zero-order valence-electron chi connectivity index (χ0n) is 21.0. The van der Waals surface area contributed by atoms with Crippen molar-refractivity contribution in [3.8, 4) is 16.9 Å². The molecule has 190 valence electrons. The van der Waals surface area contributed by atoms with Crippen LogP contribution in [0.1, 0.15) is 24.0 Å². The number of nitrogens with zero attached hydrogens (tertiary/aromatic N) is 1. The fourth-order valence-electron chi connectivity index (χ4n) is 4.87. The van der Waals surface area contributed by atoms with Gasteiger partial charge >= 0.3 is 0 Å². The summed E-state index contributed by atoms with van der Waals surface area (Å²) in [4.78, 5) is 4.75. The Morgan fingerprint density at radius 1 is 0.921 bits per heavy atom. The maximum Gasteiger partial charge on any atom is 0.123 e. The van der Waals surface area contributed by atoms with Crippen molar-refractivity contribution in [3.05, 3.63) is 141 Å². The van der Waals surface area contributed by atoms with Gasteiger partial charge in [0.15, 0.2) is 0 Å². The number of aliphatic imine (C=N–C) groups is 1. The Morgan fingerprint density at radius 2 is 1.66 bits per heavy atom. The molecular formula is C34H30INO2. The summed E-state index contributed by atoms with van der Waals surface area (Å²) in [7, 11) is 0. The predicted octanol–water partition coefficient (Wildman–Crippen LogP) is 8.23. The van der Waals surface area contributed by atoms with Crippen molar-refractivity contribution in [2.24, 2.45) is 10.9 Å². The molecule has 0 spiro atoms. The summed E-state index contributed by atoms with van der Waals surface area (Å²) in [6.07, 6.45) is 14.5. The van der Waals surface area contributed by atoms with E-state index in [4.69, 9.17) is 4.99 Å². The second kappa shape index (κ2) is 12.4. The average molecular weight is 612 g/mol. The van der Waals surface area contributed by atoms with Crippen LogP contribution in [0.2, 0.25) is 0 Å². The largest absolute Gasteiger partial charge is 0.507 e. The van der Waals surface area contributed by atoms with Crippen molar-refractivity contribution in [2.75, 3.05) is 0 Å². The number of allylic oxidation sites excluding steroid dienone is 6. The molecule has 0 saturated carbocycles. The van der Waals surface area contributed by atoms with Crippen LogP contribution in [0.15, 0.2) is 135 Å². The van der Waals surface area contributed by atoms with E-state index >= 15 is 0 Å². The highest BCUT2D eigenvalue weighted by Crippen LogP contribution is 2.32. The maximum absolute atomic E-state index is 10.5. The molecule has 0 aliphatic heterocycles. The minimum absolute atomic E-state index is 0.311. The number of aromatic hydroxyl groups is 1. The number of hydrogen-bond acceptors (Lipinski definition) is 3. The van der Waals surface area contributed by atoms with Gasteiger partial charge in [0.1, 0.15) is 5.75 Å². The van der Waals surface area contributed by atoms with E-state index in [0.29, 0.717) is 18.1 Å². The second-order valence-electron chi connectivity index (χ2n) is 9.60. The summed E-state index contributed by atoms with van der Waals surface area (Å²) in [5.74, 6) is 0.712. The molecule has 3 aromatic carbocycles. The summed E-state index contributed by atoms with van der Waals surface area (Å²) >= 11 is 2.27. The molecule has 2 N–H and O–H groups in total. The third-order valence-electron chi connectivity index (χ3n) is 6.96. The van der Waals surface area contributed by atoms with E-state index < -0.39 is 6.10 Å². The van der Waals surface area contributed by atoms with Crippen LogP contribution in [0, 0.1) is 5.92 Å². The van der Waals surface area contributed by atoms with Crippen LogP contribution in [0.3, 0.4) is 0 Å². The van der Waals surface area contributed by atoms with Gasteiger partial charge in [0, 0.05) is 17.4 Å². The van der Waals surface area contributed by atoms with Crippen LogP contribution in [0.5, 0.6) is 5.75 Å². The second-order valence-corrected chi connectivity index (χ2v) is 10.2. The molecule has 3 aromatic rings. The van der Waals surface area contributed by atoms with Gasteiger partial charge in [-0.05, 0) is 75.3 Å². The molecule has 2 unspecified atom stereocenters. The maximum atomic E-state index is 10.5. The van der Waals surface area contributed by atoms with Crippen LogP contribution in [-0.4, -0.2) is 22.5 Å². The zero-order chi connectivity index (χ0) is 26.3. The van der Waals surface area contributed by atoms with Crippen molar-refractivity contribution in [1.82, 2.24) is 0 Å². The summed E-state index contributed by atoms with van der Waals surface area (Å²) in [6, 6.07) is 25.9. The number of halogens is 1. The SMILES string of the molecule is Oc1ccc(CC2C=CC(/C(C=NC3=CCC(O)C(c4ccccc4)=C3)=C/I)=CC2)cc1-c1ccccc1. The third kappa shape index (κ3) is 6.32. The third-order valence-corrected chi connectivity index (χ3v) is 7.63. The lowest BCUT2D eigenvalue weighted by atomic mass is 9.88. The Bertz CT molecular complexity index is 1460. The van der Waals surface area contributed by atoms with Crippen molar-refractivity contribution in [1.29, 1.82) is 0 Å². The summed E-state index contributed by atoms with van der Waals surface area (Å²) in [5, 5.41) is 20.9. The van der Waals surface area contributed by atoms with Gasteiger partial charge in [-0.15, -0.1) is 0 Å². The molecule has 0 aromatic heterocycles. The van der Waals surface area contributed by atoms with Crippen molar-refractivity contribution in [3.63, 3.8) is 0 Å². The van der Waals surface area contributed by atoms with E-state index in [0.717, 1.165) is 46.4 Å². The van der Waals surface area contributed by atoms with Crippen LogP contribution in [0.25, 0.3) is 16.7 Å². The lowest BCUT2D eigenvalue weighted by Gasteiger charge is -2.19. The summed E-state index contributed by atoms with van der Waals surface area (Å²) < 4.78 is 2.06. The Morgan fingerprint density at radius 3 is 2.34 bits per heavy atom. The normalized spacial score (nSPS) is 19.7. The molecule has 0 saturated heterocycles. The van der Waals surface area contributed by atoms with E-state index in [-0.39, 0.29) is 0 Å². The van der Waals surface area contributed by atoms with Crippen LogP contribution >= 0.6 is 22.6 Å². The fourth-order valence-corrected chi connectivity index (χ4v) is 5.39. The average Bonchev–Trinajstić information content (AvgIpc) is 2.97. The van der Waals surface area contributed by atoms with Gasteiger partial charge in [-0.2, -0.15) is 0 Å². The van der Waals surface area contributed by atoms with Crippen molar-refractivity contribution < 1.29 is 10.2 Å². The first-order valence-electron chi connectivity index (χ1n) is 12.9. The highest BCUT2D eigenvalue weighted by Gasteiger charge is 2.17. The van der Waals surface area contributed by atoms with Crippen LogP contribution in [0.4, 0.5) is 0 Å². The number of rotatable bonds is 7. The lowest BCUT2D eigenvalue weighted by molar-refractivity contribution is 0.234. The summed E-state index contributed by atoms with van der Waals surface area (Å²) in [5.41, 5.74) is 8.15. The number of hydrogen-bond donors (Lipinski definition) is 2. The molecule has 3 nitrogen and oxygen atoms in total. The molecule has 4 heteroatoms. The van der Waals surface area contributed by atoms with E-state index in [2.05, 4.69) is 51.0 Å². The molecule has 2 aliphatic carbocycles. The standard InChI is InChI=1S/C34H30INO2/c35-22-29(23-36-30-16-18-34(38)32(21-30)28-9-5-2-6-10-28)26-14-11-24(12-15-26)19-25-13-17-33(37)31(20-25)27-7-3-1-4-8-27/h1-11,13-17,20-24,34,37-38H,12,18-19H2/b29-22+,36-23?. The predicted molar refractivity (Wildman–Crippen MR) is 166 cm³/mol. The smallest absolute Gasteiger partial charge is 0.123 e. The van der Waals surface area contributed by atoms with Gasteiger partial charge in [-0.25, -0.2) is 0 Å². The molecule has 5 rings (SSSR count). The van der Waals surface area contributed by atoms with E-state index in [1.807, 2.05) is 85.1 Å². The number of phenols is 1. The van der Waals surface area contributed by atoms with E-state index in [1.54, 1.807) is 6.07 Å². The molecular weight excluding hydrogens is 581 g/mol. The van der Waals surface area contributed by atoms with E-state index in [1.165, 1.54) is 11.1 Å². The number of phenolic OH excluding ortho intramolecular Hbond substituents is 1. The monoisotopic (exact) mass is 611 g/mol. The Labute approximate surface area is 238 Å². The van der Waals surface area contributed by atoms with Crippen LogP contribution in [-0.2, 0) is 6.42 Å². The highest BCUT2D eigenvalue weighted by molar-refractivity contribution is 14.1. The number of aliphatic hydroxyl groups is 1. The molecule has 0 fully saturated rings. The topological polar surface area (TPSA) is 52.8 Å². The molecule has 0 heterocycles.